The van der Waals surface area contributed by atoms with Crippen molar-refractivity contribution < 1.29 is 4.74 Å². The average Bonchev–Trinajstić information content (AvgIpc) is 3.14. The monoisotopic (exact) mass is 617 g/mol. The Morgan fingerprint density at radius 1 is 1.13 bits per heavy atom. The SMILES string of the molecule is Cc1ccc2nc(/C(C#N)=C\c3cc(I)cc(I)c3OCc3ccccc3)[nH]c2c1. The van der Waals surface area contributed by atoms with Crippen LogP contribution in [0.4, 0.5) is 0 Å². The molecule has 0 amide bonds. The Balaban J connectivity index is 1.73. The molecule has 1 heterocycles. The van der Waals surface area contributed by atoms with E-state index in [2.05, 4.69) is 67.3 Å². The van der Waals surface area contributed by atoms with Crippen LogP contribution >= 0.6 is 45.2 Å². The molecule has 0 radical (unpaired) electrons. The normalized spacial score (nSPS) is 11.5. The van der Waals surface area contributed by atoms with Gasteiger partial charge in [-0.15, -0.1) is 0 Å². The van der Waals surface area contributed by atoms with Gasteiger partial charge in [-0.05, 0) is 93.6 Å². The van der Waals surface area contributed by atoms with E-state index in [1.54, 1.807) is 0 Å². The summed E-state index contributed by atoms with van der Waals surface area (Å²) in [5, 5.41) is 9.84. The molecule has 0 aliphatic carbocycles. The molecule has 0 spiro atoms. The number of imidazole rings is 1. The van der Waals surface area contributed by atoms with Crippen molar-refractivity contribution >= 4 is 67.9 Å². The fraction of sp³-hybridized carbons (Fsp3) is 0.0833. The van der Waals surface area contributed by atoms with Crippen molar-refractivity contribution in [1.82, 2.24) is 9.97 Å². The lowest BCUT2D eigenvalue weighted by Gasteiger charge is -2.13. The molecule has 148 valence electrons. The van der Waals surface area contributed by atoms with Crippen LogP contribution in [0.1, 0.15) is 22.5 Å². The van der Waals surface area contributed by atoms with Gasteiger partial charge in [-0.3, -0.25) is 0 Å². The van der Waals surface area contributed by atoms with Gasteiger partial charge in [-0.25, -0.2) is 4.98 Å². The first-order valence-electron chi connectivity index (χ1n) is 9.28. The Labute approximate surface area is 202 Å². The number of nitrogens with zero attached hydrogens (tertiary/aromatic N) is 2. The molecule has 0 saturated heterocycles. The molecule has 0 unspecified atom stereocenters. The van der Waals surface area contributed by atoms with Crippen LogP contribution in [0.2, 0.25) is 0 Å². The second-order valence-corrected chi connectivity index (χ2v) is 9.26. The number of aromatic amines is 1. The number of rotatable bonds is 5. The molecule has 0 fully saturated rings. The maximum atomic E-state index is 9.84. The molecule has 6 heteroatoms. The third kappa shape index (κ3) is 4.68. The van der Waals surface area contributed by atoms with E-state index in [-0.39, 0.29) is 0 Å². The van der Waals surface area contributed by atoms with Gasteiger partial charge in [-0.1, -0.05) is 36.4 Å². The van der Waals surface area contributed by atoms with Crippen LogP contribution in [0, 0.1) is 25.4 Å². The summed E-state index contributed by atoms with van der Waals surface area (Å²) in [7, 11) is 0. The van der Waals surface area contributed by atoms with Gasteiger partial charge >= 0.3 is 0 Å². The minimum absolute atomic E-state index is 0.462. The Kier molecular flexibility index (Phi) is 6.39. The van der Waals surface area contributed by atoms with E-state index in [1.807, 2.05) is 67.6 Å². The van der Waals surface area contributed by atoms with Gasteiger partial charge in [0.2, 0.25) is 0 Å². The van der Waals surface area contributed by atoms with Crippen LogP contribution in [-0.2, 0) is 6.61 Å². The zero-order chi connectivity index (χ0) is 21.1. The summed E-state index contributed by atoms with van der Waals surface area (Å²) in [6.45, 7) is 2.50. The molecule has 1 aromatic heterocycles. The quantitative estimate of drug-likeness (QED) is 0.200. The number of H-pyrrole nitrogens is 1. The van der Waals surface area contributed by atoms with Gasteiger partial charge in [0.15, 0.2) is 0 Å². The zero-order valence-corrected chi connectivity index (χ0v) is 20.4. The van der Waals surface area contributed by atoms with Crippen molar-refractivity contribution in [2.45, 2.75) is 13.5 Å². The number of aryl methyl sites for hydroxylation is 1. The highest BCUT2D eigenvalue weighted by molar-refractivity contribution is 14.1. The summed E-state index contributed by atoms with van der Waals surface area (Å²) in [5.74, 6) is 1.32. The third-order valence-corrected chi connectivity index (χ3v) is 6.00. The number of aromatic nitrogens is 2. The molecule has 0 bridgehead atoms. The predicted octanol–water partition coefficient (Wildman–Crippen LogP) is 6.72. The fourth-order valence-corrected chi connectivity index (χ4v) is 5.17. The summed E-state index contributed by atoms with van der Waals surface area (Å²) < 4.78 is 8.25. The molecule has 0 aliphatic rings. The lowest BCUT2D eigenvalue weighted by Crippen LogP contribution is -2.00. The highest BCUT2D eigenvalue weighted by Crippen LogP contribution is 2.32. The summed E-state index contributed by atoms with van der Waals surface area (Å²) in [4.78, 5) is 7.87. The first kappa shape index (κ1) is 20.9. The van der Waals surface area contributed by atoms with E-state index in [9.17, 15) is 5.26 Å². The number of hydrogen-bond acceptors (Lipinski definition) is 3. The second-order valence-electron chi connectivity index (χ2n) is 6.86. The number of nitrogens with one attached hydrogen (secondary N) is 1. The standard InChI is InChI=1S/C24H17I2N3O/c1-15-7-8-21-22(9-15)29-24(28-21)18(13-27)10-17-11-19(25)12-20(26)23(17)30-14-16-5-3-2-4-6-16/h2-12H,14H2,1H3,(H,28,29)/b18-10-. The number of benzene rings is 3. The van der Waals surface area contributed by atoms with Gasteiger partial charge in [0, 0.05) is 9.13 Å². The lowest BCUT2D eigenvalue weighted by atomic mass is 10.1. The van der Waals surface area contributed by atoms with Crippen molar-refractivity contribution in [3.05, 3.63) is 90.3 Å². The van der Waals surface area contributed by atoms with Gasteiger partial charge in [0.1, 0.15) is 24.3 Å². The van der Waals surface area contributed by atoms with Gasteiger partial charge < -0.3 is 9.72 Å². The highest BCUT2D eigenvalue weighted by atomic mass is 127. The van der Waals surface area contributed by atoms with Gasteiger partial charge in [-0.2, -0.15) is 5.26 Å². The molecule has 0 aliphatic heterocycles. The summed E-state index contributed by atoms with van der Waals surface area (Å²) in [5.41, 5.74) is 5.32. The molecule has 4 nitrogen and oxygen atoms in total. The third-order valence-electron chi connectivity index (χ3n) is 4.58. The molecule has 3 aromatic carbocycles. The number of hydrogen-bond donors (Lipinski definition) is 1. The molecule has 0 saturated carbocycles. The van der Waals surface area contributed by atoms with E-state index in [1.165, 1.54) is 0 Å². The molecule has 4 aromatic rings. The number of nitriles is 1. The second kappa shape index (κ2) is 9.18. The molecular formula is C24H17I2N3O. The van der Waals surface area contributed by atoms with E-state index in [0.29, 0.717) is 18.0 Å². The predicted molar refractivity (Wildman–Crippen MR) is 137 cm³/mol. The van der Waals surface area contributed by atoms with Crippen LogP contribution in [0.3, 0.4) is 0 Å². The first-order chi connectivity index (χ1) is 14.5. The van der Waals surface area contributed by atoms with Gasteiger partial charge in [0.05, 0.1) is 20.2 Å². The first-order valence-corrected chi connectivity index (χ1v) is 11.4. The van der Waals surface area contributed by atoms with Crippen molar-refractivity contribution in [3.63, 3.8) is 0 Å². The Morgan fingerprint density at radius 2 is 1.93 bits per heavy atom. The summed E-state index contributed by atoms with van der Waals surface area (Å²) >= 11 is 4.56. The van der Waals surface area contributed by atoms with E-state index in [4.69, 9.17) is 4.74 Å². The molecule has 0 atom stereocenters. The van der Waals surface area contributed by atoms with E-state index >= 15 is 0 Å². The maximum Gasteiger partial charge on any atom is 0.149 e. The Bertz CT molecular complexity index is 1290. The molecular weight excluding hydrogens is 600 g/mol. The molecule has 1 N–H and O–H groups in total. The van der Waals surface area contributed by atoms with Crippen molar-refractivity contribution in [3.8, 4) is 11.8 Å². The number of fused-ring (bicyclic) bond motifs is 1. The molecule has 4 rings (SSSR count). The zero-order valence-electron chi connectivity index (χ0n) is 16.1. The van der Waals surface area contributed by atoms with Crippen LogP contribution in [0.25, 0.3) is 22.7 Å². The van der Waals surface area contributed by atoms with E-state index in [0.717, 1.165) is 40.6 Å². The Morgan fingerprint density at radius 3 is 2.70 bits per heavy atom. The van der Waals surface area contributed by atoms with E-state index < -0.39 is 0 Å². The minimum atomic E-state index is 0.462. The number of ether oxygens (including phenoxy) is 1. The lowest BCUT2D eigenvalue weighted by molar-refractivity contribution is 0.303. The number of halogens is 2. The minimum Gasteiger partial charge on any atom is -0.487 e. The Hall–Kier alpha value is -2.38. The average molecular weight is 617 g/mol. The van der Waals surface area contributed by atoms with Crippen LogP contribution in [0.5, 0.6) is 5.75 Å². The van der Waals surface area contributed by atoms with Crippen molar-refractivity contribution in [2.24, 2.45) is 0 Å². The fourth-order valence-electron chi connectivity index (χ4n) is 3.13. The van der Waals surface area contributed by atoms with Gasteiger partial charge in [0.25, 0.3) is 0 Å². The molecule has 30 heavy (non-hydrogen) atoms. The smallest absolute Gasteiger partial charge is 0.149 e. The topological polar surface area (TPSA) is 61.7 Å². The van der Waals surface area contributed by atoms with Crippen molar-refractivity contribution in [1.29, 1.82) is 5.26 Å². The number of allylic oxidation sites excluding steroid dienone is 1. The van der Waals surface area contributed by atoms with Crippen LogP contribution in [0.15, 0.2) is 60.7 Å². The van der Waals surface area contributed by atoms with Crippen LogP contribution in [-0.4, -0.2) is 9.97 Å². The highest BCUT2D eigenvalue weighted by Gasteiger charge is 2.13. The largest absolute Gasteiger partial charge is 0.487 e. The summed E-state index contributed by atoms with van der Waals surface area (Å²) in [6, 6.07) is 22.4. The van der Waals surface area contributed by atoms with Crippen LogP contribution < -0.4 is 4.74 Å². The van der Waals surface area contributed by atoms with Crippen molar-refractivity contribution in [2.75, 3.05) is 0 Å². The maximum absolute atomic E-state index is 9.84. The summed E-state index contributed by atoms with van der Waals surface area (Å²) in [6.07, 6.45) is 1.84.